The first kappa shape index (κ1) is 6.27. The third kappa shape index (κ3) is 1.28. The molecule has 48 valence electrons. The quantitative estimate of drug-likeness (QED) is 0.465. The highest BCUT2D eigenvalue weighted by Gasteiger charge is 2.02. The first-order valence-corrected chi connectivity index (χ1v) is 2.92. The van der Waals surface area contributed by atoms with Gasteiger partial charge < -0.3 is 0 Å². The van der Waals surface area contributed by atoms with Crippen LogP contribution < -0.4 is 0 Å². The Morgan fingerprint density at radius 3 is 2.78 bits per heavy atom. The zero-order valence-corrected chi connectivity index (χ0v) is 5.45. The van der Waals surface area contributed by atoms with E-state index < -0.39 is 0 Å². The van der Waals surface area contributed by atoms with E-state index in [0.29, 0.717) is 6.42 Å². The van der Waals surface area contributed by atoms with Crippen molar-refractivity contribution in [3.05, 3.63) is 35.7 Å². The second-order valence-electron chi connectivity index (χ2n) is 2.21. The molecule has 1 heteroatoms. The molecule has 0 radical (unpaired) electrons. The molecule has 1 rings (SSSR count). The summed E-state index contributed by atoms with van der Waals surface area (Å²) >= 11 is 0. The van der Waals surface area contributed by atoms with E-state index in [1.807, 2.05) is 13.0 Å². The van der Waals surface area contributed by atoms with Gasteiger partial charge in [-0.2, -0.15) is 0 Å². The van der Waals surface area contributed by atoms with E-state index in [4.69, 9.17) is 0 Å². The highest BCUT2D eigenvalue weighted by Crippen LogP contribution is 2.20. The van der Waals surface area contributed by atoms with Gasteiger partial charge >= 0.3 is 0 Å². The molecule has 0 unspecified atom stereocenters. The summed E-state index contributed by atoms with van der Waals surface area (Å²) in [5.74, 6) is -0.0920. The fraction of sp³-hybridized carbons (Fsp3) is 0.250. The molecule has 0 heterocycles. The van der Waals surface area contributed by atoms with Crippen LogP contribution in [0.25, 0.3) is 0 Å². The van der Waals surface area contributed by atoms with Gasteiger partial charge in [0.2, 0.25) is 0 Å². The Labute approximate surface area is 54.4 Å². The number of allylic oxidation sites excluding steroid dienone is 5. The van der Waals surface area contributed by atoms with Gasteiger partial charge in [0.15, 0.2) is 0 Å². The maximum absolute atomic E-state index is 12.4. The van der Waals surface area contributed by atoms with Crippen molar-refractivity contribution >= 4 is 0 Å². The molecule has 0 atom stereocenters. The molecule has 0 spiro atoms. The summed E-state index contributed by atoms with van der Waals surface area (Å²) in [6.45, 7) is 5.60. The van der Waals surface area contributed by atoms with Crippen molar-refractivity contribution in [1.29, 1.82) is 0 Å². The van der Waals surface area contributed by atoms with Gasteiger partial charge in [-0.25, -0.2) is 4.39 Å². The second kappa shape index (κ2) is 2.18. The fourth-order valence-corrected chi connectivity index (χ4v) is 0.744. The van der Waals surface area contributed by atoms with Crippen molar-refractivity contribution in [1.82, 2.24) is 0 Å². The summed E-state index contributed by atoms with van der Waals surface area (Å²) in [4.78, 5) is 0. The Balaban J connectivity index is 2.82. The third-order valence-corrected chi connectivity index (χ3v) is 1.44. The number of halogens is 1. The van der Waals surface area contributed by atoms with Crippen molar-refractivity contribution in [2.24, 2.45) is 0 Å². The van der Waals surface area contributed by atoms with Crippen molar-refractivity contribution in [2.45, 2.75) is 13.3 Å². The van der Waals surface area contributed by atoms with Crippen LogP contribution in [0.1, 0.15) is 13.3 Å². The maximum atomic E-state index is 12.4. The second-order valence-corrected chi connectivity index (χ2v) is 2.21. The first-order valence-electron chi connectivity index (χ1n) is 2.92. The average molecular weight is 124 g/mol. The zero-order chi connectivity index (χ0) is 6.85. The van der Waals surface area contributed by atoms with Gasteiger partial charge in [-0.1, -0.05) is 12.7 Å². The lowest BCUT2D eigenvalue weighted by molar-refractivity contribution is 0.613. The van der Waals surface area contributed by atoms with E-state index >= 15 is 0 Å². The van der Waals surface area contributed by atoms with Crippen LogP contribution in [0.3, 0.4) is 0 Å². The molecule has 0 aliphatic heterocycles. The minimum Gasteiger partial charge on any atom is -0.211 e. The predicted octanol–water partition coefficient (Wildman–Crippen LogP) is 2.75. The van der Waals surface area contributed by atoms with Gasteiger partial charge in [0, 0.05) is 6.42 Å². The molecule has 9 heavy (non-hydrogen) atoms. The van der Waals surface area contributed by atoms with Gasteiger partial charge in [-0.15, -0.1) is 0 Å². The molecule has 0 N–H and O–H groups in total. The summed E-state index contributed by atoms with van der Waals surface area (Å²) < 4.78 is 12.4. The Morgan fingerprint density at radius 2 is 2.33 bits per heavy atom. The minimum atomic E-state index is -0.0920. The molecule has 0 aromatic carbocycles. The number of hydrogen-bond donors (Lipinski definition) is 0. The SMILES string of the molecule is C=C1C=C(F)CC=C1C. The third-order valence-electron chi connectivity index (χ3n) is 1.44. The largest absolute Gasteiger partial charge is 0.211 e. The summed E-state index contributed by atoms with van der Waals surface area (Å²) in [5.41, 5.74) is 1.87. The van der Waals surface area contributed by atoms with Gasteiger partial charge in [-0.05, 0) is 24.1 Å². The minimum absolute atomic E-state index is 0.0920. The topological polar surface area (TPSA) is 0 Å². The van der Waals surface area contributed by atoms with Gasteiger partial charge in [0.05, 0.1) is 0 Å². The molecule has 0 nitrogen and oxygen atoms in total. The molecule has 0 aromatic heterocycles. The fourth-order valence-electron chi connectivity index (χ4n) is 0.744. The van der Waals surface area contributed by atoms with E-state index in [2.05, 4.69) is 6.58 Å². The van der Waals surface area contributed by atoms with Crippen LogP contribution in [0.4, 0.5) is 4.39 Å². The lowest BCUT2D eigenvalue weighted by Crippen LogP contribution is -1.87. The molecule has 0 bridgehead atoms. The Bertz CT molecular complexity index is 197. The van der Waals surface area contributed by atoms with Crippen LogP contribution in [0.5, 0.6) is 0 Å². The van der Waals surface area contributed by atoms with Gasteiger partial charge in [-0.3, -0.25) is 0 Å². The van der Waals surface area contributed by atoms with Crippen molar-refractivity contribution < 1.29 is 4.39 Å². The van der Waals surface area contributed by atoms with E-state index in [0.717, 1.165) is 11.1 Å². The monoisotopic (exact) mass is 124 g/mol. The molecule has 1 aliphatic carbocycles. The molecule has 0 aromatic rings. The number of hydrogen-bond acceptors (Lipinski definition) is 0. The van der Waals surface area contributed by atoms with Crippen LogP contribution in [0, 0.1) is 0 Å². The van der Waals surface area contributed by atoms with Crippen molar-refractivity contribution in [3.63, 3.8) is 0 Å². The molecular weight excluding hydrogens is 115 g/mol. The number of rotatable bonds is 0. The summed E-state index contributed by atoms with van der Waals surface area (Å²) in [6.07, 6.45) is 3.76. The molecule has 0 fully saturated rings. The smallest absolute Gasteiger partial charge is 0.104 e. The van der Waals surface area contributed by atoms with Crippen LogP contribution >= 0.6 is 0 Å². The summed E-state index contributed by atoms with van der Waals surface area (Å²) in [6, 6.07) is 0. The normalized spacial score (nSPS) is 19.1. The molecule has 0 saturated carbocycles. The zero-order valence-electron chi connectivity index (χ0n) is 5.45. The van der Waals surface area contributed by atoms with Gasteiger partial charge in [0.25, 0.3) is 0 Å². The highest BCUT2D eigenvalue weighted by atomic mass is 19.1. The van der Waals surface area contributed by atoms with Crippen molar-refractivity contribution in [3.8, 4) is 0 Å². The van der Waals surface area contributed by atoms with Crippen LogP contribution in [-0.2, 0) is 0 Å². The van der Waals surface area contributed by atoms with Gasteiger partial charge in [0.1, 0.15) is 5.83 Å². The Hall–Kier alpha value is -0.850. The molecular formula is C8H9F. The van der Waals surface area contributed by atoms with Crippen LogP contribution in [-0.4, -0.2) is 0 Å². The van der Waals surface area contributed by atoms with E-state index in [1.54, 1.807) is 0 Å². The van der Waals surface area contributed by atoms with E-state index in [9.17, 15) is 4.39 Å². The van der Waals surface area contributed by atoms with E-state index in [1.165, 1.54) is 6.08 Å². The Morgan fingerprint density at radius 1 is 1.67 bits per heavy atom. The van der Waals surface area contributed by atoms with Crippen LogP contribution in [0.15, 0.2) is 35.7 Å². The molecule has 0 saturated heterocycles. The molecule has 1 aliphatic rings. The molecule has 0 amide bonds. The van der Waals surface area contributed by atoms with E-state index in [-0.39, 0.29) is 5.83 Å². The predicted molar refractivity (Wildman–Crippen MR) is 36.7 cm³/mol. The maximum Gasteiger partial charge on any atom is 0.104 e. The Kier molecular flexibility index (Phi) is 1.52. The highest BCUT2D eigenvalue weighted by molar-refractivity contribution is 5.40. The standard InChI is InChI=1S/C8H9F/c1-6-3-4-8(9)5-7(6)2/h3,5H,2,4H2,1H3. The summed E-state index contributed by atoms with van der Waals surface area (Å²) in [7, 11) is 0. The summed E-state index contributed by atoms with van der Waals surface area (Å²) in [5, 5.41) is 0. The van der Waals surface area contributed by atoms with Crippen LogP contribution in [0.2, 0.25) is 0 Å². The first-order chi connectivity index (χ1) is 4.20. The average Bonchev–Trinajstić information content (AvgIpc) is 1.80. The van der Waals surface area contributed by atoms with Crippen molar-refractivity contribution in [2.75, 3.05) is 0 Å². The lowest BCUT2D eigenvalue weighted by Gasteiger charge is -2.05. The lowest BCUT2D eigenvalue weighted by atomic mass is 10.0.